The summed E-state index contributed by atoms with van der Waals surface area (Å²) >= 11 is 0. The number of rotatable bonds is 6. The Balaban J connectivity index is 1.81. The molecular weight excluding hydrogens is 326 g/mol. The number of hydrogen-bond acceptors (Lipinski definition) is 4. The first-order chi connectivity index (χ1) is 12.6. The van der Waals surface area contributed by atoms with Crippen molar-refractivity contribution in [1.82, 2.24) is 0 Å². The van der Waals surface area contributed by atoms with E-state index in [4.69, 9.17) is 4.42 Å². The van der Waals surface area contributed by atoms with E-state index in [2.05, 4.69) is 18.7 Å². The summed E-state index contributed by atoms with van der Waals surface area (Å²) in [5.74, 6) is -0.364. The highest BCUT2D eigenvalue weighted by Crippen LogP contribution is 2.16. The molecule has 0 bridgehead atoms. The summed E-state index contributed by atoms with van der Waals surface area (Å²) in [6.07, 6.45) is 3.12. The first kappa shape index (κ1) is 17.7. The van der Waals surface area contributed by atoms with E-state index in [-0.39, 0.29) is 11.3 Å². The van der Waals surface area contributed by atoms with E-state index in [0.717, 1.165) is 29.7 Å². The number of carbonyl (C=O) groups is 1. The van der Waals surface area contributed by atoms with Crippen molar-refractivity contribution in [2.45, 2.75) is 13.8 Å². The summed E-state index contributed by atoms with van der Waals surface area (Å²) in [4.78, 5) is 26.7. The molecule has 0 atom stereocenters. The lowest BCUT2D eigenvalue weighted by Gasteiger charge is -2.20. The fraction of sp³-hybridized carbons (Fsp3) is 0.182. The van der Waals surface area contributed by atoms with E-state index in [9.17, 15) is 9.59 Å². The van der Waals surface area contributed by atoms with E-state index < -0.39 is 5.63 Å². The molecule has 0 radical (unpaired) electrons. The van der Waals surface area contributed by atoms with Crippen LogP contribution in [0.4, 0.5) is 5.69 Å². The van der Waals surface area contributed by atoms with Crippen molar-refractivity contribution in [3.05, 3.63) is 82.2 Å². The number of carbonyl (C=O) groups excluding carboxylic acids is 1. The minimum Gasteiger partial charge on any atom is -0.422 e. The fourth-order valence-corrected chi connectivity index (χ4v) is 2.88. The Hall–Kier alpha value is -3.14. The van der Waals surface area contributed by atoms with Gasteiger partial charge in [0.15, 0.2) is 5.78 Å². The van der Waals surface area contributed by atoms with E-state index in [1.165, 1.54) is 6.08 Å². The van der Waals surface area contributed by atoms with Crippen LogP contribution in [-0.2, 0) is 0 Å². The van der Waals surface area contributed by atoms with E-state index in [1.54, 1.807) is 24.3 Å². The number of fused-ring (bicyclic) bond motifs is 1. The van der Waals surface area contributed by atoms with Crippen molar-refractivity contribution in [1.29, 1.82) is 0 Å². The van der Waals surface area contributed by atoms with Crippen molar-refractivity contribution < 1.29 is 9.21 Å². The molecule has 4 heteroatoms. The lowest BCUT2D eigenvalue weighted by atomic mass is 10.1. The van der Waals surface area contributed by atoms with Crippen LogP contribution in [0.1, 0.15) is 29.8 Å². The number of nitrogens with zero attached hydrogens (tertiary/aromatic N) is 1. The summed E-state index contributed by atoms with van der Waals surface area (Å²) in [6.45, 7) is 6.13. The summed E-state index contributed by atoms with van der Waals surface area (Å²) in [5.41, 5.74) is 1.95. The summed E-state index contributed by atoms with van der Waals surface area (Å²) in [5, 5.41) is 0.729. The molecule has 0 amide bonds. The first-order valence-corrected chi connectivity index (χ1v) is 8.72. The van der Waals surface area contributed by atoms with Crippen LogP contribution in [0.2, 0.25) is 0 Å². The van der Waals surface area contributed by atoms with Gasteiger partial charge in [0, 0.05) is 24.2 Å². The van der Waals surface area contributed by atoms with Gasteiger partial charge in [0.1, 0.15) is 11.1 Å². The Morgan fingerprint density at radius 3 is 2.42 bits per heavy atom. The predicted octanol–water partition coefficient (Wildman–Crippen LogP) is 4.54. The smallest absolute Gasteiger partial charge is 0.347 e. The molecule has 0 aliphatic rings. The Bertz CT molecular complexity index is 996. The number of anilines is 1. The second-order valence-electron chi connectivity index (χ2n) is 5.95. The Labute approximate surface area is 152 Å². The highest BCUT2D eigenvalue weighted by Gasteiger charge is 2.11. The molecule has 0 fully saturated rings. The minimum absolute atomic E-state index is 0.0414. The van der Waals surface area contributed by atoms with Gasteiger partial charge in [-0.1, -0.05) is 36.4 Å². The highest BCUT2D eigenvalue weighted by molar-refractivity contribution is 6.07. The fourth-order valence-electron chi connectivity index (χ4n) is 2.88. The molecule has 1 aromatic heterocycles. The average molecular weight is 347 g/mol. The lowest BCUT2D eigenvalue weighted by molar-refractivity contribution is 0.104. The standard InChI is InChI=1S/C22H21NO3/c1-3-23(4-2)18-12-9-16(10-13-18)11-14-20(24)19-15-17-7-5-6-8-21(17)26-22(19)25/h5-15H,3-4H2,1-2H3/b14-11+. The van der Waals surface area contributed by atoms with Crippen LogP contribution in [0.3, 0.4) is 0 Å². The molecule has 26 heavy (non-hydrogen) atoms. The van der Waals surface area contributed by atoms with Gasteiger partial charge in [-0.3, -0.25) is 4.79 Å². The molecule has 0 spiro atoms. The van der Waals surface area contributed by atoms with Gasteiger partial charge in [0.05, 0.1) is 0 Å². The van der Waals surface area contributed by atoms with Gasteiger partial charge in [-0.2, -0.15) is 0 Å². The Morgan fingerprint density at radius 2 is 1.73 bits per heavy atom. The molecule has 0 aliphatic carbocycles. The van der Waals surface area contributed by atoms with Crippen LogP contribution in [0.15, 0.2) is 69.9 Å². The van der Waals surface area contributed by atoms with Crippen LogP contribution >= 0.6 is 0 Å². The largest absolute Gasteiger partial charge is 0.422 e. The van der Waals surface area contributed by atoms with Gasteiger partial charge in [-0.25, -0.2) is 4.79 Å². The summed E-state index contributed by atoms with van der Waals surface area (Å²) in [6, 6.07) is 16.7. The maximum absolute atomic E-state index is 12.4. The topological polar surface area (TPSA) is 50.5 Å². The molecule has 0 saturated heterocycles. The van der Waals surface area contributed by atoms with Crippen molar-refractivity contribution in [3.63, 3.8) is 0 Å². The minimum atomic E-state index is -0.616. The Kier molecular flexibility index (Phi) is 5.32. The van der Waals surface area contributed by atoms with Crippen molar-refractivity contribution >= 4 is 28.5 Å². The normalized spacial score (nSPS) is 11.2. The number of allylic oxidation sites excluding steroid dienone is 1. The monoisotopic (exact) mass is 347 g/mol. The molecule has 0 unspecified atom stereocenters. The van der Waals surface area contributed by atoms with Gasteiger partial charge in [-0.15, -0.1) is 0 Å². The molecule has 3 aromatic rings. The zero-order valence-electron chi connectivity index (χ0n) is 14.9. The van der Waals surface area contributed by atoms with Gasteiger partial charge in [-0.05, 0) is 49.8 Å². The van der Waals surface area contributed by atoms with E-state index in [1.807, 2.05) is 36.4 Å². The maximum Gasteiger partial charge on any atom is 0.347 e. The third-order valence-electron chi connectivity index (χ3n) is 4.36. The van der Waals surface area contributed by atoms with Crippen LogP contribution in [0.25, 0.3) is 17.0 Å². The molecule has 0 saturated carbocycles. The zero-order valence-corrected chi connectivity index (χ0v) is 14.9. The van der Waals surface area contributed by atoms with Gasteiger partial charge in [0.2, 0.25) is 0 Å². The van der Waals surface area contributed by atoms with Crippen molar-refractivity contribution in [2.75, 3.05) is 18.0 Å². The molecule has 1 heterocycles. The van der Waals surface area contributed by atoms with Crippen molar-refractivity contribution in [3.8, 4) is 0 Å². The molecule has 2 aromatic carbocycles. The van der Waals surface area contributed by atoms with Crippen LogP contribution in [-0.4, -0.2) is 18.9 Å². The highest BCUT2D eigenvalue weighted by atomic mass is 16.4. The average Bonchev–Trinajstić information content (AvgIpc) is 2.67. The quantitative estimate of drug-likeness (QED) is 0.373. The molecular formula is C22H21NO3. The van der Waals surface area contributed by atoms with Crippen LogP contribution < -0.4 is 10.5 Å². The lowest BCUT2D eigenvalue weighted by Crippen LogP contribution is -2.21. The Morgan fingerprint density at radius 1 is 1.04 bits per heavy atom. The second kappa shape index (κ2) is 7.83. The maximum atomic E-state index is 12.4. The predicted molar refractivity (Wildman–Crippen MR) is 106 cm³/mol. The van der Waals surface area contributed by atoms with Gasteiger partial charge < -0.3 is 9.32 Å². The first-order valence-electron chi connectivity index (χ1n) is 8.72. The van der Waals surface area contributed by atoms with E-state index in [0.29, 0.717) is 5.58 Å². The molecule has 132 valence electrons. The van der Waals surface area contributed by atoms with Gasteiger partial charge in [0.25, 0.3) is 0 Å². The third-order valence-corrected chi connectivity index (χ3v) is 4.36. The number of ketones is 1. The number of para-hydroxylation sites is 1. The van der Waals surface area contributed by atoms with Crippen LogP contribution in [0.5, 0.6) is 0 Å². The molecule has 0 N–H and O–H groups in total. The third kappa shape index (κ3) is 3.75. The van der Waals surface area contributed by atoms with Crippen molar-refractivity contribution in [2.24, 2.45) is 0 Å². The zero-order chi connectivity index (χ0) is 18.5. The molecule has 0 aliphatic heterocycles. The van der Waals surface area contributed by atoms with E-state index >= 15 is 0 Å². The van der Waals surface area contributed by atoms with Crippen LogP contribution in [0, 0.1) is 0 Å². The summed E-state index contributed by atoms with van der Waals surface area (Å²) in [7, 11) is 0. The summed E-state index contributed by atoms with van der Waals surface area (Å²) < 4.78 is 5.22. The molecule has 3 rings (SSSR count). The van der Waals surface area contributed by atoms with Gasteiger partial charge >= 0.3 is 5.63 Å². The molecule has 4 nitrogen and oxygen atoms in total. The SMILES string of the molecule is CCN(CC)c1ccc(/C=C/C(=O)c2cc3ccccc3oc2=O)cc1. The number of benzene rings is 2. The number of hydrogen-bond donors (Lipinski definition) is 0. The second-order valence-corrected chi connectivity index (χ2v) is 5.95.